The molecule has 0 saturated heterocycles. The number of halogens is 1. The Labute approximate surface area is 155 Å². The van der Waals surface area contributed by atoms with Gasteiger partial charge in [0.05, 0.1) is 5.69 Å². The molecule has 2 atom stereocenters. The topological polar surface area (TPSA) is 70.1 Å². The smallest absolute Gasteiger partial charge is 0.266 e. The van der Waals surface area contributed by atoms with Crippen LogP contribution in [-0.2, 0) is 19.9 Å². The van der Waals surface area contributed by atoms with Crippen molar-refractivity contribution in [1.29, 1.82) is 0 Å². The summed E-state index contributed by atoms with van der Waals surface area (Å²) in [4.78, 5) is 29.0. The van der Waals surface area contributed by atoms with Crippen LogP contribution >= 0.6 is 11.6 Å². The van der Waals surface area contributed by atoms with Gasteiger partial charge in [0.15, 0.2) is 5.60 Å². The fraction of sp³-hybridized carbons (Fsp3) is 0.263. The number of likely N-dealkylation sites (N-methyl/N-ethyl adjacent to an activating group) is 1. The van der Waals surface area contributed by atoms with Gasteiger partial charge in [-0.15, -0.1) is 0 Å². The number of rotatable bonds is 3. The Morgan fingerprint density at radius 3 is 2.65 bits per heavy atom. The van der Waals surface area contributed by atoms with E-state index in [2.05, 4.69) is 0 Å². The van der Waals surface area contributed by atoms with E-state index in [4.69, 9.17) is 16.3 Å². The summed E-state index contributed by atoms with van der Waals surface area (Å²) >= 11 is 6.09. The first-order valence-corrected chi connectivity index (χ1v) is 8.49. The first-order valence-electron chi connectivity index (χ1n) is 8.11. The predicted octanol–water partition coefficient (Wildman–Crippen LogP) is 2.24. The quantitative estimate of drug-likeness (QED) is 0.897. The van der Waals surface area contributed by atoms with E-state index in [9.17, 15) is 14.7 Å². The lowest BCUT2D eigenvalue weighted by Crippen LogP contribution is -2.48. The molecule has 1 N–H and O–H groups in total. The van der Waals surface area contributed by atoms with Crippen molar-refractivity contribution >= 4 is 34.8 Å². The second kappa shape index (κ2) is 5.81. The minimum absolute atomic E-state index is 0.0487. The van der Waals surface area contributed by atoms with E-state index in [1.165, 1.54) is 16.9 Å². The fourth-order valence-corrected chi connectivity index (χ4v) is 4.07. The van der Waals surface area contributed by atoms with Crippen molar-refractivity contribution in [3.05, 3.63) is 58.6 Å². The van der Waals surface area contributed by atoms with E-state index in [1.54, 1.807) is 43.4 Å². The lowest BCUT2D eigenvalue weighted by molar-refractivity contribution is -0.144. The van der Waals surface area contributed by atoms with Gasteiger partial charge in [-0.25, -0.2) is 0 Å². The van der Waals surface area contributed by atoms with Gasteiger partial charge in [-0.1, -0.05) is 35.9 Å². The monoisotopic (exact) mass is 372 g/mol. The number of para-hydroxylation sites is 1. The molecule has 6 nitrogen and oxygen atoms in total. The molecule has 2 heterocycles. The van der Waals surface area contributed by atoms with Crippen molar-refractivity contribution in [3.8, 4) is 0 Å². The number of carbonyl (C=O) groups excluding carboxylic acids is 2. The lowest BCUT2D eigenvalue weighted by Gasteiger charge is -2.28. The van der Waals surface area contributed by atoms with Crippen LogP contribution in [0.15, 0.2) is 42.5 Å². The second-order valence-electron chi connectivity index (χ2n) is 6.47. The predicted molar refractivity (Wildman–Crippen MR) is 97.3 cm³/mol. The Hall–Kier alpha value is -2.41. The Kier molecular flexibility index (Phi) is 3.80. The number of aliphatic hydroxyl groups is 1. The van der Waals surface area contributed by atoms with Gasteiger partial charge in [-0.3, -0.25) is 14.5 Å². The third-order valence-corrected chi connectivity index (χ3v) is 5.33. The van der Waals surface area contributed by atoms with E-state index < -0.39 is 17.4 Å². The van der Waals surface area contributed by atoms with Crippen molar-refractivity contribution < 1.29 is 19.4 Å². The summed E-state index contributed by atoms with van der Waals surface area (Å²) in [5.41, 5.74) is 0.0932. The molecule has 134 valence electrons. The molecule has 4 rings (SSSR count). The summed E-state index contributed by atoms with van der Waals surface area (Å²) in [5, 5.41) is 12.0. The highest BCUT2D eigenvalue weighted by Gasteiger charge is 2.60. The van der Waals surface area contributed by atoms with Crippen LogP contribution in [-0.4, -0.2) is 37.8 Å². The van der Waals surface area contributed by atoms with Crippen LogP contribution in [0.5, 0.6) is 0 Å². The highest BCUT2D eigenvalue weighted by molar-refractivity contribution is 6.31. The van der Waals surface area contributed by atoms with Gasteiger partial charge in [0.25, 0.3) is 5.91 Å². The third-order valence-electron chi connectivity index (χ3n) is 5.10. The zero-order valence-corrected chi connectivity index (χ0v) is 15.0. The average molecular weight is 373 g/mol. The molecule has 0 bridgehead atoms. The van der Waals surface area contributed by atoms with Crippen molar-refractivity contribution in [2.75, 3.05) is 30.7 Å². The Bertz CT molecular complexity index is 932. The number of fused-ring (bicyclic) bond motifs is 2. The average Bonchev–Trinajstić information content (AvgIpc) is 3.00. The van der Waals surface area contributed by atoms with Crippen LogP contribution in [0, 0.1) is 0 Å². The lowest BCUT2D eigenvalue weighted by atomic mass is 9.78. The van der Waals surface area contributed by atoms with Crippen LogP contribution in [0.4, 0.5) is 11.4 Å². The van der Waals surface area contributed by atoms with Gasteiger partial charge in [0.1, 0.15) is 12.6 Å². The number of ether oxygens (including phenoxy) is 1. The molecule has 2 aliphatic heterocycles. The van der Waals surface area contributed by atoms with Crippen LogP contribution in [0.25, 0.3) is 0 Å². The Morgan fingerprint density at radius 1 is 1.19 bits per heavy atom. The van der Waals surface area contributed by atoms with Crippen molar-refractivity contribution in [3.63, 3.8) is 0 Å². The first-order chi connectivity index (χ1) is 12.4. The summed E-state index contributed by atoms with van der Waals surface area (Å²) in [6, 6.07) is 12.0. The number of nitrogens with zero attached hydrogens (tertiary/aromatic N) is 2. The second-order valence-corrected chi connectivity index (χ2v) is 6.90. The maximum Gasteiger partial charge on any atom is 0.266 e. The van der Waals surface area contributed by atoms with Gasteiger partial charge < -0.3 is 14.7 Å². The maximum atomic E-state index is 13.2. The van der Waals surface area contributed by atoms with E-state index in [1.807, 2.05) is 6.07 Å². The zero-order valence-electron chi connectivity index (χ0n) is 14.3. The number of hydrogen-bond acceptors (Lipinski definition) is 4. The highest BCUT2D eigenvalue weighted by atomic mass is 35.5. The van der Waals surface area contributed by atoms with Gasteiger partial charge in [0.2, 0.25) is 5.91 Å². The molecule has 26 heavy (non-hydrogen) atoms. The third kappa shape index (κ3) is 2.06. The minimum atomic E-state index is -2.02. The number of hydrogen-bond donors (Lipinski definition) is 1. The molecule has 2 aromatic rings. The molecule has 2 amide bonds. The summed E-state index contributed by atoms with van der Waals surface area (Å²) in [6.45, 7) is -0.0487. The SMILES string of the molecule is COCN1C(=O)C(O)(C2C(=O)N(C)c3ccccc32)c2ccc(Cl)cc21. The van der Waals surface area contributed by atoms with E-state index in [-0.39, 0.29) is 12.6 Å². The molecule has 0 aromatic heterocycles. The van der Waals surface area contributed by atoms with Crippen molar-refractivity contribution in [2.24, 2.45) is 0 Å². The maximum absolute atomic E-state index is 13.2. The fourth-order valence-electron chi connectivity index (χ4n) is 3.90. The Balaban J connectivity index is 1.94. The van der Waals surface area contributed by atoms with Crippen molar-refractivity contribution in [1.82, 2.24) is 0 Å². The molecular formula is C19H17ClN2O4. The van der Waals surface area contributed by atoms with Crippen LogP contribution < -0.4 is 9.80 Å². The molecule has 2 aromatic carbocycles. The summed E-state index contributed by atoms with van der Waals surface area (Å²) in [5.74, 6) is -1.96. The number of anilines is 2. The molecule has 2 aliphatic rings. The minimum Gasteiger partial charge on any atom is -0.374 e. The largest absolute Gasteiger partial charge is 0.374 e. The van der Waals surface area contributed by atoms with Gasteiger partial charge in [0, 0.05) is 30.4 Å². The molecular weight excluding hydrogens is 356 g/mol. The molecule has 0 radical (unpaired) electrons. The van der Waals surface area contributed by atoms with E-state index >= 15 is 0 Å². The number of amides is 2. The van der Waals surface area contributed by atoms with E-state index in [0.717, 1.165) is 0 Å². The highest BCUT2D eigenvalue weighted by Crippen LogP contribution is 2.53. The first kappa shape index (κ1) is 17.0. The summed E-state index contributed by atoms with van der Waals surface area (Å²) in [7, 11) is 3.10. The van der Waals surface area contributed by atoms with Crippen LogP contribution in [0.1, 0.15) is 17.0 Å². The number of methoxy groups -OCH3 is 1. The summed E-state index contributed by atoms with van der Waals surface area (Å²) < 4.78 is 5.12. The van der Waals surface area contributed by atoms with Gasteiger partial charge in [-0.05, 0) is 23.8 Å². The Morgan fingerprint density at radius 2 is 1.92 bits per heavy atom. The number of carbonyl (C=O) groups is 2. The molecule has 2 unspecified atom stereocenters. The van der Waals surface area contributed by atoms with E-state index in [0.29, 0.717) is 27.5 Å². The van der Waals surface area contributed by atoms with Gasteiger partial charge in [-0.2, -0.15) is 0 Å². The normalized spacial score (nSPS) is 24.2. The molecule has 0 saturated carbocycles. The van der Waals surface area contributed by atoms with Crippen LogP contribution in [0.3, 0.4) is 0 Å². The zero-order chi connectivity index (χ0) is 18.6. The number of benzene rings is 2. The molecule has 0 aliphatic carbocycles. The van der Waals surface area contributed by atoms with Crippen molar-refractivity contribution in [2.45, 2.75) is 11.5 Å². The molecule has 0 fully saturated rings. The summed E-state index contributed by atoms with van der Waals surface area (Å²) in [6.07, 6.45) is 0. The standard InChI is InChI=1S/C19H17ClN2O4/c1-21-14-6-4-3-5-12(14)16(17(21)23)19(25)13-8-7-11(20)9-15(13)22(10-26-2)18(19)24/h3-9,16,25H,10H2,1-2H3. The molecule has 7 heteroatoms. The molecule has 0 spiro atoms. The van der Waals surface area contributed by atoms with Crippen LogP contribution in [0.2, 0.25) is 5.02 Å². The van der Waals surface area contributed by atoms with Gasteiger partial charge >= 0.3 is 0 Å².